The van der Waals surface area contributed by atoms with Gasteiger partial charge in [0.15, 0.2) is 0 Å². The van der Waals surface area contributed by atoms with Crippen LogP contribution in [0.15, 0.2) is 30.3 Å². The Labute approximate surface area is 166 Å². The van der Waals surface area contributed by atoms with Gasteiger partial charge in [-0.1, -0.05) is 34.3 Å². The highest BCUT2D eigenvalue weighted by Gasteiger charge is 2.36. The Morgan fingerprint density at radius 1 is 1.30 bits per heavy atom. The number of nitrogens with zero attached hydrogens (tertiary/aromatic N) is 5. The molecule has 1 aromatic carbocycles. The van der Waals surface area contributed by atoms with Crippen molar-refractivity contribution in [3.63, 3.8) is 0 Å². The smallest absolute Gasteiger partial charge is 0.242 e. The maximum Gasteiger partial charge on any atom is 0.242 e. The second kappa shape index (κ2) is 7.38. The quantitative estimate of drug-likeness (QED) is 0.726. The van der Waals surface area contributed by atoms with Crippen LogP contribution in [0.25, 0.3) is 5.69 Å². The summed E-state index contributed by atoms with van der Waals surface area (Å²) >= 11 is 7.34. The molecule has 0 spiro atoms. The molecule has 0 aliphatic carbocycles. The van der Waals surface area contributed by atoms with Crippen LogP contribution < -0.4 is 5.32 Å². The minimum atomic E-state index is -0.436. The van der Waals surface area contributed by atoms with E-state index < -0.39 is 6.04 Å². The minimum absolute atomic E-state index is 0.0284. The van der Waals surface area contributed by atoms with Crippen molar-refractivity contribution in [3.8, 4) is 5.69 Å². The van der Waals surface area contributed by atoms with Gasteiger partial charge in [-0.15, -0.1) is 5.10 Å². The van der Waals surface area contributed by atoms with Gasteiger partial charge in [0.1, 0.15) is 16.1 Å². The van der Waals surface area contributed by atoms with Gasteiger partial charge in [-0.2, -0.15) is 5.10 Å². The van der Waals surface area contributed by atoms with E-state index in [1.807, 2.05) is 48.9 Å². The molecule has 0 unspecified atom stereocenters. The molecule has 1 saturated heterocycles. The number of hydrogen-bond donors (Lipinski definition) is 1. The first-order valence-electron chi connectivity index (χ1n) is 8.66. The molecule has 0 bridgehead atoms. The molecule has 4 rings (SSSR count). The highest BCUT2D eigenvalue weighted by Crippen LogP contribution is 2.32. The summed E-state index contributed by atoms with van der Waals surface area (Å²) in [5.74, 6) is -0.0284. The van der Waals surface area contributed by atoms with Crippen LogP contribution in [0.5, 0.6) is 0 Å². The molecule has 1 atom stereocenters. The van der Waals surface area contributed by atoms with Crippen molar-refractivity contribution < 1.29 is 4.79 Å². The minimum Gasteiger partial charge on any atom is -0.353 e. The predicted octanol–water partition coefficient (Wildman–Crippen LogP) is 2.67. The number of amides is 1. The molecular formula is C18H19ClN6OS. The van der Waals surface area contributed by atoms with Gasteiger partial charge in [0.05, 0.1) is 11.4 Å². The third-order valence-electron chi connectivity index (χ3n) is 4.80. The van der Waals surface area contributed by atoms with Crippen LogP contribution in [0.1, 0.15) is 28.7 Å². The topological polar surface area (TPSA) is 75.9 Å². The lowest BCUT2D eigenvalue weighted by Gasteiger charge is -2.34. The number of halogens is 1. The van der Waals surface area contributed by atoms with E-state index in [1.165, 1.54) is 0 Å². The lowest BCUT2D eigenvalue weighted by molar-refractivity contribution is -0.129. The highest BCUT2D eigenvalue weighted by molar-refractivity contribution is 7.10. The van der Waals surface area contributed by atoms with Crippen LogP contribution in [0.2, 0.25) is 4.34 Å². The molecule has 3 aromatic rings. The first-order chi connectivity index (χ1) is 13.1. The summed E-state index contributed by atoms with van der Waals surface area (Å²) in [6, 6.07) is 9.49. The largest absolute Gasteiger partial charge is 0.353 e. The zero-order chi connectivity index (χ0) is 19.0. The number of rotatable bonds is 4. The van der Waals surface area contributed by atoms with Crippen molar-refractivity contribution in [2.45, 2.75) is 26.4 Å². The molecule has 0 radical (unpaired) electrons. The Balaban J connectivity index is 1.74. The molecule has 1 fully saturated rings. The maximum atomic E-state index is 12.8. The average molecular weight is 403 g/mol. The number of aryl methyl sites for hydroxylation is 1. The van der Waals surface area contributed by atoms with Crippen molar-refractivity contribution in [2.75, 3.05) is 13.1 Å². The maximum absolute atomic E-state index is 12.8. The number of para-hydroxylation sites is 1. The number of benzene rings is 1. The Hall–Kier alpha value is -2.29. The number of aromatic nitrogens is 4. The molecule has 7 nitrogen and oxygen atoms in total. The second-order valence-corrected chi connectivity index (χ2v) is 7.85. The van der Waals surface area contributed by atoms with E-state index in [-0.39, 0.29) is 5.91 Å². The van der Waals surface area contributed by atoms with E-state index in [9.17, 15) is 4.79 Å². The van der Waals surface area contributed by atoms with Crippen molar-refractivity contribution in [2.24, 2.45) is 0 Å². The molecule has 0 saturated carbocycles. The fourth-order valence-corrected chi connectivity index (χ4v) is 4.17. The van der Waals surface area contributed by atoms with E-state index in [4.69, 9.17) is 16.7 Å². The summed E-state index contributed by atoms with van der Waals surface area (Å²) in [6.07, 6.45) is 0. The van der Waals surface area contributed by atoms with Crippen LogP contribution in [0, 0.1) is 13.8 Å². The zero-order valence-electron chi connectivity index (χ0n) is 15.0. The van der Waals surface area contributed by atoms with Gasteiger partial charge in [-0.05, 0) is 26.0 Å². The number of hydrogen-bond acceptors (Lipinski definition) is 6. The van der Waals surface area contributed by atoms with Gasteiger partial charge in [-0.25, -0.2) is 4.68 Å². The summed E-state index contributed by atoms with van der Waals surface area (Å²) in [4.78, 5) is 14.9. The monoisotopic (exact) mass is 402 g/mol. The van der Waals surface area contributed by atoms with E-state index in [1.54, 1.807) is 0 Å². The number of nitrogens with one attached hydrogen (secondary N) is 1. The summed E-state index contributed by atoms with van der Waals surface area (Å²) in [5.41, 5.74) is 4.39. The first kappa shape index (κ1) is 18.1. The third-order valence-corrected chi connectivity index (χ3v) is 5.78. The number of carbonyl (C=O) groups excluding carboxylic acids is 1. The standard InChI is InChI=1S/C18H19ClN6OS/c1-11-15(12(2)25(22-11)13-6-4-3-5-7-13)16-18(26)20-8-9-24(16)10-14-17(19)27-23-21-14/h3-7,16H,8-10H2,1-2H3,(H,20,26)/t16-/m0/s1. The van der Waals surface area contributed by atoms with Gasteiger partial charge in [-0.3, -0.25) is 9.69 Å². The van der Waals surface area contributed by atoms with Crippen LogP contribution in [-0.4, -0.2) is 43.3 Å². The highest BCUT2D eigenvalue weighted by atomic mass is 35.5. The van der Waals surface area contributed by atoms with Crippen molar-refractivity contribution in [1.29, 1.82) is 0 Å². The van der Waals surface area contributed by atoms with Gasteiger partial charge in [0.25, 0.3) is 0 Å². The van der Waals surface area contributed by atoms with E-state index in [2.05, 4.69) is 19.8 Å². The normalized spacial score (nSPS) is 17.9. The molecule has 1 aliphatic rings. The van der Waals surface area contributed by atoms with Gasteiger partial charge in [0, 0.05) is 42.4 Å². The lowest BCUT2D eigenvalue weighted by atomic mass is 10.00. The Morgan fingerprint density at radius 3 is 2.78 bits per heavy atom. The summed E-state index contributed by atoms with van der Waals surface area (Å²) in [6.45, 7) is 5.72. The van der Waals surface area contributed by atoms with Crippen molar-refractivity contribution in [1.82, 2.24) is 29.6 Å². The molecule has 3 heterocycles. The van der Waals surface area contributed by atoms with E-state index in [0.29, 0.717) is 29.7 Å². The summed E-state index contributed by atoms with van der Waals surface area (Å²) in [7, 11) is 0. The predicted molar refractivity (Wildman–Crippen MR) is 104 cm³/mol. The molecule has 9 heteroatoms. The number of piperazine rings is 1. The summed E-state index contributed by atoms with van der Waals surface area (Å²) < 4.78 is 6.35. The van der Waals surface area contributed by atoms with Crippen molar-refractivity contribution in [3.05, 3.63) is 57.3 Å². The summed E-state index contributed by atoms with van der Waals surface area (Å²) in [5, 5.41) is 11.8. The molecule has 140 valence electrons. The van der Waals surface area contributed by atoms with Crippen molar-refractivity contribution >= 4 is 29.0 Å². The SMILES string of the molecule is Cc1nn(-c2ccccc2)c(C)c1[C@H]1C(=O)NCCN1Cc1nnsc1Cl. The van der Waals surface area contributed by atoms with Crippen LogP contribution >= 0.6 is 23.1 Å². The Morgan fingerprint density at radius 2 is 2.07 bits per heavy atom. The molecule has 2 aromatic heterocycles. The molecule has 1 aliphatic heterocycles. The molecule has 1 N–H and O–H groups in total. The van der Waals surface area contributed by atoms with Gasteiger partial charge < -0.3 is 5.32 Å². The lowest BCUT2D eigenvalue weighted by Crippen LogP contribution is -2.49. The number of carbonyl (C=O) groups is 1. The molecule has 1 amide bonds. The fraction of sp³-hybridized carbons (Fsp3) is 0.333. The Bertz CT molecular complexity index is 970. The fourth-order valence-electron chi connectivity index (χ4n) is 3.55. The van der Waals surface area contributed by atoms with E-state index in [0.717, 1.165) is 34.2 Å². The zero-order valence-corrected chi connectivity index (χ0v) is 16.6. The van der Waals surface area contributed by atoms with Gasteiger partial charge in [0.2, 0.25) is 5.91 Å². The van der Waals surface area contributed by atoms with Crippen LogP contribution in [0.4, 0.5) is 0 Å². The average Bonchev–Trinajstić information content (AvgIpc) is 3.19. The first-order valence-corrected chi connectivity index (χ1v) is 9.81. The van der Waals surface area contributed by atoms with Gasteiger partial charge >= 0.3 is 0 Å². The second-order valence-electron chi connectivity index (χ2n) is 6.49. The Kier molecular flexibility index (Phi) is 4.94. The third kappa shape index (κ3) is 3.36. The molecular weight excluding hydrogens is 384 g/mol. The van der Waals surface area contributed by atoms with Crippen LogP contribution in [-0.2, 0) is 11.3 Å². The van der Waals surface area contributed by atoms with E-state index >= 15 is 0 Å². The van der Waals surface area contributed by atoms with Crippen LogP contribution in [0.3, 0.4) is 0 Å². The molecule has 27 heavy (non-hydrogen) atoms.